The molecule has 6 rings (SSSR count). The number of rotatable bonds is 11. The Kier molecular flexibility index (Phi) is 8.31. The van der Waals surface area contributed by atoms with Crippen molar-refractivity contribution in [1.82, 2.24) is 15.0 Å². The van der Waals surface area contributed by atoms with Crippen LogP contribution in [0.3, 0.4) is 0 Å². The fraction of sp³-hybridized carbons (Fsp3) is 0.125. The Morgan fingerprint density at radius 1 is 0.711 bits per heavy atom. The van der Waals surface area contributed by atoms with E-state index in [1.54, 1.807) is 32.4 Å². The van der Waals surface area contributed by atoms with Crippen LogP contribution in [0.2, 0.25) is 0 Å². The molecule has 1 aliphatic heterocycles. The van der Waals surface area contributed by atoms with E-state index < -0.39 is 11.0 Å². The van der Waals surface area contributed by atoms with Gasteiger partial charge in [0.05, 0.1) is 30.4 Å². The number of hydrogen-bond acceptors (Lipinski definition) is 12. The Bertz CT molecular complexity index is 1760. The van der Waals surface area contributed by atoms with Gasteiger partial charge < -0.3 is 30.3 Å². The lowest BCUT2D eigenvalue weighted by Gasteiger charge is -2.12. The molecule has 0 radical (unpaired) electrons. The van der Waals surface area contributed by atoms with E-state index >= 15 is 0 Å². The molecule has 13 heteroatoms. The van der Waals surface area contributed by atoms with Crippen molar-refractivity contribution >= 4 is 46.3 Å². The van der Waals surface area contributed by atoms with Crippen molar-refractivity contribution in [2.75, 3.05) is 30.2 Å². The number of nitro groups is 1. The molecule has 2 heterocycles. The summed E-state index contributed by atoms with van der Waals surface area (Å²) in [6.07, 6.45) is -0.121. The highest BCUT2D eigenvalue weighted by atomic mass is 16.6. The zero-order valence-corrected chi connectivity index (χ0v) is 24.3. The number of nitro benzene ring substituents is 1. The Morgan fingerprint density at radius 2 is 1.18 bits per heavy atom. The topological polar surface area (TPSA) is 158 Å². The first-order chi connectivity index (χ1) is 22.0. The Balaban J connectivity index is 1.19. The lowest BCUT2D eigenvalue weighted by Crippen LogP contribution is -2.07. The smallest absolute Gasteiger partial charge is 0.276 e. The molecule has 45 heavy (non-hydrogen) atoms. The molecule has 0 aliphatic carbocycles. The molecule has 0 amide bonds. The molecule has 5 aromatic rings. The number of nitrogens with zero attached hydrogens (tertiary/aromatic N) is 5. The number of hydrogen-bond donors (Lipinski definition) is 3. The summed E-state index contributed by atoms with van der Waals surface area (Å²) in [5, 5.41) is 25.3. The van der Waals surface area contributed by atoms with Crippen LogP contribution in [-0.2, 0) is 4.84 Å². The number of oxime groups is 1. The summed E-state index contributed by atoms with van der Waals surface area (Å²) in [6, 6.07) is 28.9. The van der Waals surface area contributed by atoms with Crippen LogP contribution in [0.5, 0.6) is 11.5 Å². The number of methoxy groups -OCH3 is 2. The molecular weight excluding hydrogens is 576 g/mol. The highest BCUT2D eigenvalue weighted by Crippen LogP contribution is 2.35. The van der Waals surface area contributed by atoms with Gasteiger partial charge in [0, 0.05) is 29.5 Å². The van der Waals surface area contributed by atoms with E-state index in [1.165, 1.54) is 6.07 Å². The molecule has 3 N–H and O–H groups in total. The van der Waals surface area contributed by atoms with Crippen LogP contribution in [-0.4, -0.2) is 39.8 Å². The largest absolute Gasteiger partial charge is 0.497 e. The van der Waals surface area contributed by atoms with Crippen LogP contribution < -0.4 is 25.4 Å². The molecule has 13 nitrogen and oxygen atoms in total. The second-order valence-electron chi connectivity index (χ2n) is 9.87. The summed E-state index contributed by atoms with van der Waals surface area (Å²) < 4.78 is 10.5. The SMILES string of the molecule is COc1ccc(Nc2nc(Nc3ccc(OC)cc3)nc(Nc3ccc(C4=NOC(c5ccccc5[N+](=O)[O-])C4)cc3)n2)cc1. The van der Waals surface area contributed by atoms with Gasteiger partial charge >= 0.3 is 0 Å². The second-order valence-corrected chi connectivity index (χ2v) is 9.87. The van der Waals surface area contributed by atoms with Gasteiger partial charge in [0.25, 0.3) is 5.69 Å². The monoisotopic (exact) mass is 604 g/mol. The summed E-state index contributed by atoms with van der Waals surface area (Å²) in [5.74, 6) is 2.42. The van der Waals surface area contributed by atoms with Crippen LogP contribution in [0.25, 0.3) is 0 Å². The third-order valence-corrected chi connectivity index (χ3v) is 6.95. The Morgan fingerprint density at radius 3 is 1.64 bits per heavy atom. The van der Waals surface area contributed by atoms with Crippen LogP contribution >= 0.6 is 0 Å². The van der Waals surface area contributed by atoms with Crippen molar-refractivity contribution in [1.29, 1.82) is 0 Å². The average molecular weight is 605 g/mol. The summed E-state index contributed by atoms with van der Waals surface area (Å²) in [4.78, 5) is 30.3. The molecule has 1 aliphatic rings. The summed E-state index contributed by atoms with van der Waals surface area (Å²) in [7, 11) is 3.22. The van der Waals surface area contributed by atoms with Crippen LogP contribution in [0.1, 0.15) is 23.7 Å². The van der Waals surface area contributed by atoms with Gasteiger partial charge in [-0.1, -0.05) is 29.4 Å². The molecule has 1 aromatic heterocycles. The Hall–Kier alpha value is -6.24. The van der Waals surface area contributed by atoms with Crippen molar-refractivity contribution in [3.05, 3.63) is 118 Å². The summed E-state index contributed by atoms with van der Waals surface area (Å²) >= 11 is 0. The summed E-state index contributed by atoms with van der Waals surface area (Å²) in [6.45, 7) is 0. The minimum atomic E-state index is -0.530. The molecule has 0 spiro atoms. The Labute approximate surface area is 258 Å². The number of nitrogens with one attached hydrogen (secondary N) is 3. The van der Waals surface area contributed by atoms with Gasteiger partial charge in [-0.25, -0.2) is 0 Å². The highest BCUT2D eigenvalue weighted by molar-refractivity contribution is 6.01. The molecule has 0 fully saturated rings. The maximum Gasteiger partial charge on any atom is 0.276 e. The van der Waals surface area contributed by atoms with Gasteiger partial charge in [-0.15, -0.1) is 0 Å². The zero-order chi connectivity index (χ0) is 31.2. The van der Waals surface area contributed by atoms with Gasteiger partial charge in [-0.3, -0.25) is 10.1 Å². The van der Waals surface area contributed by atoms with E-state index in [9.17, 15) is 10.1 Å². The van der Waals surface area contributed by atoms with E-state index in [4.69, 9.17) is 14.3 Å². The van der Waals surface area contributed by atoms with E-state index in [2.05, 4.69) is 36.1 Å². The number of aromatic nitrogens is 3. The number of para-hydroxylation sites is 1. The number of ether oxygens (including phenoxy) is 2. The average Bonchev–Trinajstić information content (AvgIpc) is 3.56. The van der Waals surface area contributed by atoms with Crippen molar-refractivity contribution in [3.8, 4) is 11.5 Å². The fourth-order valence-electron chi connectivity index (χ4n) is 4.67. The lowest BCUT2D eigenvalue weighted by atomic mass is 9.99. The minimum absolute atomic E-state index is 0.0116. The van der Waals surface area contributed by atoms with Gasteiger partial charge in [0.2, 0.25) is 17.8 Å². The second kappa shape index (κ2) is 13.0. The molecule has 0 saturated carbocycles. The quantitative estimate of drug-likeness (QED) is 0.106. The first kappa shape index (κ1) is 28.9. The van der Waals surface area contributed by atoms with E-state index in [0.29, 0.717) is 35.5 Å². The molecule has 0 bridgehead atoms. The van der Waals surface area contributed by atoms with E-state index in [1.807, 2.05) is 72.8 Å². The molecule has 226 valence electrons. The maximum absolute atomic E-state index is 11.5. The maximum atomic E-state index is 11.5. The normalized spacial score (nSPS) is 13.7. The van der Waals surface area contributed by atoms with Gasteiger partial charge in [-0.05, 0) is 72.3 Å². The molecule has 1 unspecified atom stereocenters. The lowest BCUT2D eigenvalue weighted by molar-refractivity contribution is -0.386. The number of anilines is 6. The van der Waals surface area contributed by atoms with Crippen molar-refractivity contribution in [2.45, 2.75) is 12.5 Å². The van der Waals surface area contributed by atoms with Crippen LogP contribution in [0.4, 0.5) is 40.6 Å². The summed E-state index contributed by atoms with van der Waals surface area (Å²) in [5.41, 5.74) is 4.30. The predicted molar refractivity (Wildman–Crippen MR) is 170 cm³/mol. The van der Waals surface area contributed by atoms with Gasteiger partial charge in [0.15, 0.2) is 6.10 Å². The molecule has 0 saturated heterocycles. The minimum Gasteiger partial charge on any atom is -0.497 e. The van der Waals surface area contributed by atoms with Crippen LogP contribution in [0, 0.1) is 10.1 Å². The first-order valence-electron chi connectivity index (χ1n) is 13.9. The third-order valence-electron chi connectivity index (χ3n) is 6.95. The van der Waals surface area contributed by atoms with Crippen molar-refractivity contribution < 1.29 is 19.2 Å². The first-order valence-corrected chi connectivity index (χ1v) is 13.9. The molecule has 1 atom stereocenters. The van der Waals surface area contributed by atoms with E-state index in [0.717, 1.165) is 34.1 Å². The highest BCUT2D eigenvalue weighted by Gasteiger charge is 2.29. The van der Waals surface area contributed by atoms with Crippen molar-refractivity contribution in [2.24, 2.45) is 5.16 Å². The number of benzene rings is 4. The zero-order valence-electron chi connectivity index (χ0n) is 24.3. The van der Waals surface area contributed by atoms with Crippen LogP contribution in [0.15, 0.2) is 102 Å². The van der Waals surface area contributed by atoms with Gasteiger partial charge in [0.1, 0.15) is 11.5 Å². The van der Waals surface area contributed by atoms with E-state index in [-0.39, 0.29) is 5.69 Å². The fourth-order valence-corrected chi connectivity index (χ4v) is 4.67. The predicted octanol–water partition coefficient (Wildman–Crippen LogP) is 6.89. The third kappa shape index (κ3) is 6.88. The molecular formula is C32H28N8O5. The molecule has 4 aromatic carbocycles. The van der Waals surface area contributed by atoms with Gasteiger partial charge in [-0.2, -0.15) is 15.0 Å². The van der Waals surface area contributed by atoms with Crippen molar-refractivity contribution in [3.63, 3.8) is 0 Å². The standard InChI is InChI=1S/C32H28N8O5/c1-43-24-15-11-22(12-16-24)34-31-36-30(37-32(38-31)35-23-13-17-25(44-2)18-14-23)33-21-9-7-20(8-10-21)27-19-29(45-39-27)26-5-3-4-6-28(26)40(41)42/h3-18,29H,19H2,1-2H3,(H3,33,34,35,36,37,38).